The minimum Gasteiger partial charge on any atom is -0.480 e. The number of nitrogens with zero attached hydrogens (tertiary/aromatic N) is 6. The van der Waals surface area contributed by atoms with Crippen LogP contribution in [0.2, 0.25) is 0 Å². The van der Waals surface area contributed by atoms with Crippen molar-refractivity contribution in [2.24, 2.45) is 11.8 Å². The van der Waals surface area contributed by atoms with Crippen molar-refractivity contribution in [2.75, 3.05) is 37.8 Å². The summed E-state index contributed by atoms with van der Waals surface area (Å²) in [5.41, 5.74) is 1.96. The second-order valence-corrected chi connectivity index (χ2v) is 20.2. The van der Waals surface area contributed by atoms with Crippen molar-refractivity contribution in [1.82, 2.24) is 39.7 Å². The van der Waals surface area contributed by atoms with Crippen LogP contribution in [0.3, 0.4) is 0 Å². The van der Waals surface area contributed by atoms with Gasteiger partial charge in [-0.3, -0.25) is 37.8 Å². The molecule has 0 fully saturated rings. The van der Waals surface area contributed by atoms with Crippen LogP contribution < -0.4 is 40.7 Å². The molecule has 4 aromatic carbocycles. The van der Waals surface area contributed by atoms with Crippen molar-refractivity contribution in [3.63, 3.8) is 0 Å². The fourth-order valence-electron chi connectivity index (χ4n) is 7.57. The van der Waals surface area contributed by atoms with Gasteiger partial charge < -0.3 is 20.1 Å². The highest BCUT2D eigenvalue weighted by atomic mass is 32.2. The maximum atomic E-state index is 13.6. The average Bonchev–Trinajstić information content (AvgIpc) is 3.40. The van der Waals surface area contributed by atoms with E-state index in [0.29, 0.717) is 57.6 Å². The molecule has 0 aliphatic carbocycles. The molecule has 396 valence electrons. The van der Waals surface area contributed by atoms with Crippen LogP contribution in [0.5, 0.6) is 11.8 Å². The molecule has 0 aliphatic rings. The Hall–Kier alpha value is -8.78. The first-order chi connectivity index (χ1) is 36.1. The van der Waals surface area contributed by atoms with Crippen LogP contribution in [-0.4, -0.2) is 86.0 Å². The maximum Gasteiger partial charge on any atom is 0.262 e. The summed E-state index contributed by atoms with van der Waals surface area (Å²) in [5.74, 6) is -6.47. The number of aromatic nitrogens is 6. The number of rotatable bonds is 16. The molecule has 0 unspecified atom stereocenters. The highest BCUT2D eigenvalue weighted by Gasteiger charge is 2.23. The lowest BCUT2D eigenvalue weighted by atomic mass is 10.0. The van der Waals surface area contributed by atoms with E-state index in [9.17, 15) is 53.6 Å². The minimum atomic E-state index is -4.32. The largest absolute Gasteiger partial charge is 0.480 e. The number of anilines is 2. The van der Waals surface area contributed by atoms with Gasteiger partial charge in [0.25, 0.3) is 31.2 Å². The molecular formula is C50H46F4N10O10S2. The topological polar surface area (TPSA) is 265 Å². The monoisotopic (exact) mass is 1090 g/mol. The van der Waals surface area contributed by atoms with Crippen LogP contribution in [0, 0.1) is 35.1 Å². The molecule has 8 rings (SSSR count). The summed E-state index contributed by atoms with van der Waals surface area (Å²) >= 11 is 0. The number of hydrogen-bond donors (Lipinski definition) is 4. The standard InChI is InChI=1S/2C25H23F2N5O5S/c2*1-14(23(33)28-2)12-32-13-30-21-7-4-15(8-18(21)25(32)34)16-9-22(24(37-3)29-11-16)31-38(35,36)17-5-6-19(26)20(27)10-17/h2*4-11,13-14,31H,12H2,1-3H3,(H,28,33)/t2*14-/m10/s1. The van der Waals surface area contributed by atoms with Crippen LogP contribution in [0.15, 0.2) is 129 Å². The summed E-state index contributed by atoms with van der Waals surface area (Å²) < 4.78 is 123. The van der Waals surface area contributed by atoms with E-state index in [2.05, 4.69) is 40.0 Å². The van der Waals surface area contributed by atoms with Crippen molar-refractivity contribution in [3.05, 3.63) is 154 Å². The van der Waals surface area contributed by atoms with E-state index in [-0.39, 0.29) is 69.9 Å². The first-order valence-corrected chi connectivity index (χ1v) is 25.5. The number of methoxy groups -OCH3 is 2. The number of hydrogen-bond acceptors (Lipinski definition) is 14. The summed E-state index contributed by atoms with van der Waals surface area (Å²) in [5, 5.41) is 5.66. The van der Waals surface area contributed by atoms with Gasteiger partial charge in [-0.25, -0.2) is 54.3 Å². The molecule has 4 aromatic heterocycles. The van der Waals surface area contributed by atoms with Crippen molar-refractivity contribution in [2.45, 2.75) is 36.7 Å². The zero-order valence-corrected chi connectivity index (χ0v) is 42.7. The van der Waals surface area contributed by atoms with E-state index in [4.69, 9.17) is 9.47 Å². The molecular weight excluding hydrogens is 1040 g/mol. The summed E-state index contributed by atoms with van der Waals surface area (Å²) in [6.07, 6.45) is 5.61. The molecule has 20 nitrogen and oxygen atoms in total. The number of amides is 2. The van der Waals surface area contributed by atoms with Gasteiger partial charge in [0.2, 0.25) is 23.6 Å². The minimum absolute atomic E-state index is 0.0576. The Labute approximate surface area is 430 Å². The number of benzene rings is 4. The summed E-state index contributed by atoms with van der Waals surface area (Å²) in [6, 6.07) is 17.1. The fourth-order valence-corrected chi connectivity index (χ4v) is 9.69. The summed E-state index contributed by atoms with van der Waals surface area (Å²) in [6.45, 7) is 3.65. The maximum absolute atomic E-state index is 13.6. The fraction of sp³-hybridized carbons (Fsp3) is 0.200. The molecule has 2 amide bonds. The predicted molar refractivity (Wildman–Crippen MR) is 272 cm³/mol. The number of sulfonamides is 2. The Bertz CT molecular complexity index is 3670. The van der Waals surface area contributed by atoms with Gasteiger partial charge in [0.15, 0.2) is 23.3 Å². The van der Waals surface area contributed by atoms with Gasteiger partial charge in [0.05, 0.1) is 70.3 Å². The molecule has 0 bridgehead atoms. The zero-order valence-electron chi connectivity index (χ0n) is 41.1. The lowest BCUT2D eigenvalue weighted by Crippen LogP contribution is -2.32. The van der Waals surface area contributed by atoms with Gasteiger partial charge in [-0.15, -0.1) is 0 Å². The number of ether oxygens (including phenoxy) is 2. The van der Waals surface area contributed by atoms with E-state index in [1.807, 2.05) is 0 Å². The smallest absolute Gasteiger partial charge is 0.262 e. The highest BCUT2D eigenvalue weighted by molar-refractivity contribution is 7.93. The molecule has 0 saturated carbocycles. The van der Waals surface area contributed by atoms with Crippen molar-refractivity contribution < 1.29 is 53.5 Å². The lowest BCUT2D eigenvalue weighted by Gasteiger charge is -2.14. The molecule has 0 aliphatic heterocycles. The SMILES string of the molecule is CNC(=O)[C@@H](C)Cn1cnc2ccc(-c3cnc(OC)c(NS(=O)(=O)c4ccc(F)c(F)c4)c3)cc2c1=O.CNC(=O)[C@H](C)Cn1cnc2ccc(-c3cnc(OC)c(NS(=O)(=O)c4ccc(F)c(F)c4)c3)cc2c1=O. The molecule has 8 aromatic rings. The van der Waals surface area contributed by atoms with E-state index < -0.39 is 64.9 Å². The average molecular weight is 1090 g/mol. The van der Waals surface area contributed by atoms with Crippen LogP contribution in [0.4, 0.5) is 28.9 Å². The molecule has 2 atom stereocenters. The number of fused-ring (bicyclic) bond motifs is 2. The third-order valence-corrected chi connectivity index (χ3v) is 14.4. The van der Waals surface area contributed by atoms with Gasteiger partial charge in [0.1, 0.15) is 11.4 Å². The van der Waals surface area contributed by atoms with E-state index >= 15 is 0 Å². The number of nitrogens with one attached hydrogen (secondary N) is 4. The summed E-state index contributed by atoms with van der Waals surface area (Å²) in [4.78, 5) is 65.9. The first kappa shape index (κ1) is 55.0. The van der Waals surface area contributed by atoms with Gasteiger partial charge in [-0.05, 0) is 83.9 Å². The third kappa shape index (κ3) is 12.1. The number of carbonyl (C=O) groups is 2. The summed E-state index contributed by atoms with van der Waals surface area (Å²) in [7, 11) is -3.03. The molecule has 26 heteroatoms. The Morgan fingerprint density at radius 1 is 0.539 bits per heavy atom. The number of pyridine rings is 2. The second kappa shape index (κ2) is 22.8. The molecule has 0 saturated heterocycles. The quantitative estimate of drug-likeness (QED) is 0.0827. The molecule has 4 heterocycles. The molecule has 4 N–H and O–H groups in total. The van der Waals surface area contributed by atoms with Crippen molar-refractivity contribution in [3.8, 4) is 34.0 Å². The Morgan fingerprint density at radius 2 is 0.921 bits per heavy atom. The zero-order chi connectivity index (χ0) is 55.2. The van der Waals surface area contributed by atoms with E-state index in [0.717, 1.165) is 12.1 Å². The molecule has 0 radical (unpaired) electrons. The Kier molecular flexibility index (Phi) is 16.5. The van der Waals surface area contributed by atoms with Crippen LogP contribution >= 0.6 is 0 Å². The first-order valence-electron chi connectivity index (χ1n) is 22.5. The van der Waals surface area contributed by atoms with Crippen LogP contribution in [0.1, 0.15) is 13.8 Å². The normalized spacial score (nSPS) is 12.2. The third-order valence-electron chi connectivity index (χ3n) is 11.6. The molecule has 76 heavy (non-hydrogen) atoms. The van der Waals surface area contributed by atoms with E-state index in [1.165, 1.54) is 74.6 Å². The van der Waals surface area contributed by atoms with Gasteiger partial charge in [-0.2, -0.15) is 0 Å². The van der Waals surface area contributed by atoms with Crippen LogP contribution in [-0.2, 0) is 42.7 Å². The van der Waals surface area contributed by atoms with Crippen LogP contribution in [0.25, 0.3) is 44.1 Å². The second-order valence-electron chi connectivity index (χ2n) is 16.8. The number of carbonyl (C=O) groups excluding carboxylic acids is 2. The Balaban J connectivity index is 0.000000221. The van der Waals surface area contributed by atoms with E-state index in [1.54, 1.807) is 50.2 Å². The lowest BCUT2D eigenvalue weighted by molar-refractivity contribution is -0.125. The van der Waals surface area contributed by atoms with Gasteiger partial charge >= 0.3 is 0 Å². The van der Waals surface area contributed by atoms with Crippen molar-refractivity contribution >= 4 is 65.0 Å². The highest BCUT2D eigenvalue weighted by Crippen LogP contribution is 2.33. The van der Waals surface area contributed by atoms with Crippen molar-refractivity contribution in [1.29, 1.82) is 0 Å². The number of halogens is 4. The molecule has 0 spiro atoms. The van der Waals surface area contributed by atoms with Gasteiger partial charge in [0, 0.05) is 50.7 Å². The van der Waals surface area contributed by atoms with Gasteiger partial charge in [-0.1, -0.05) is 26.0 Å². The Morgan fingerprint density at radius 3 is 1.26 bits per heavy atom. The predicted octanol–water partition coefficient (Wildman–Crippen LogP) is 5.86.